The first kappa shape index (κ1) is 14.1. The van der Waals surface area contributed by atoms with E-state index in [2.05, 4.69) is 21.0 Å². The van der Waals surface area contributed by atoms with Gasteiger partial charge in [-0.05, 0) is 41.9 Å². The summed E-state index contributed by atoms with van der Waals surface area (Å²) in [4.78, 5) is 12.6. The number of nitrogens with zero attached hydrogens (tertiary/aromatic N) is 4. The van der Waals surface area contributed by atoms with Crippen LogP contribution in [0.2, 0.25) is 0 Å². The standard InChI is InChI=1S/C15H17BrN4O/c1-4-19-11-7-5-6-8-12(11)20(15(19)21)9-13-14(16)10(2)17-18(13)3/h5-8H,4,9H2,1-3H3. The molecule has 6 heteroatoms. The molecule has 0 spiro atoms. The molecule has 0 bridgehead atoms. The third-order valence-electron chi connectivity index (χ3n) is 3.81. The molecule has 0 saturated carbocycles. The fourth-order valence-corrected chi connectivity index (χ4v) is 3.19. The van der Waals surface area contributed by atoms with Gasteiger partial charge in [0.05, 0.1) is 33.4 Å². The van der Waals surface area contributed by atoms with E-state index in [9.17, 15) is 4.79 Å². The van der Waals surface area contributed by atoms with Gasteiger partial charge in [-0.3, -0.25) is 13.8 Å². The molecule has 2 aromatic heterocycles. The predicted molar refractivity (Wildman–Crippen MR) is 86.6 cm³/mol. The summed E-state index contributed by atoms with van der Waals surface area (Å²) in [6.45, 7) is 5.11. The molecule has 0 radical (unpaired) electrons. The molecule has 3 aromatic rings. The van der Waals surface area contributed by atoms with Gasteiger partial charge in [0, 0.05) is 13.6 Å². The van der Waals surface area contributed by atoms with Gasteiger partial charge in [-0.1, -0.05) is 12.1 Å². The zero-order valence-corrected chi connectivity index (χ0v) is 13.9. The van der Waals surface area contributed by atoms with E-state index < -0.39 is 0 Å². The first-order valence-electron chi connectivity index (χ1n) is 6.90. The van der Waals surface area contributed by atoms with Gasteiger partial charge in [-0.15, -0.1) is 0 Å². The van der Waals surface area contributed by atoms with Crippen LogP contribution >= 0.6 is 15.9 Å². The largest absolute Gasteiger partial charge is 0.329 e. The summed E-state index contributed by atoms with van der Waals surface area (Å²) in [6, 6.07) is 7.89. The zero-order valence-electron chi connectivity index (χ0n) is 12.3. The van der Waals surface area contributed by atoms with Crippen LogP contribution in [-0.2, 0) is 20.1 Å². The Kier molecular flexibility index (Phi) is 3.49. The van der Waals surface area contributed by atoms with Gasteiger partial charge < -0.3 is 0 Å². The molecule has 0 fully saturated rings. The molecule has 0 saturated heterocycles. The predicted octanol–water partition coefficient (Wildman–Crippen LogP) is 2.68. The highest BCUT2D eigenvalue weighted by molar-refractivity contribution is 9.10. The second kappa shape index (κ2) is 5.18. The molecule has 1 aromatic carbocycles. The normalized spacial score (nSPS) is 11.4. The molecule has 0 atom stereocenters. The molecule has 0 amide bonds. The highest BCUT2D eigenvalue weighted by atomic mass is 79.9. The van der Waals surface area contributed by atoms with Crippen molar-refractivity contribution in [2.24, 2.45) is 7.05 Å². The maximum atomic E-state index is 12.6. The molecule has 110 valence electrons. The first-order chi connectivity index (χ1) is 10.0. The highest BCUT2D eigenvalue weighted by Gasteiger charge is 2.16. The van der Waals surface area contributed by atoms with Gasteiger partial charge in [0.25, 0.3) is 0 Å². The molecule has 5 nitrogen and oxygen atoms in total. The Hall–Kier alpha value is -1.82. The number of rotatable bonds is 3. The van der Waals surface area contributed by atoms with E-state index in [0.717, 1.165) is 26.9 Å². The third kappa shape index (κ3) is 2.14. The Labute approximate surface area is 130 Å². The number of aromatic nitrogens is 4. The van der Waals surface area contributed by atoms with E-state index >= 15 is 0 Å². The second-order valence-electron chi connectivity index (χ2n) is 5.07. The number of para-hydroxylation sites is 2. The number of fused-ring (bicyclic) bond motifs is 1. The molecule has 0 aliphatic carbocycles. The Morgan fingerprint density at radius 1 is 1.19 bits per heavy atom. The fourth-order valence-electron chi connectivity index (χ4n) is 2.73. The first-order valence-corrected chi connectivity index (χ1v) is 7.70. The molecule has 3 rings (SSSR count). The number of hydrogen-bond acceptors (Lipinski definition) is 2. The second-order valence-corrected chi connectivity index (χ2v) is 5.86. The van der Waals surface area contributed by atoms with Gasteiger partial charge in [0.2, 0.25) is 0 Å². The SMILES string of the molecule is CCn1c(=O)n(Cc2c(Br)c(C)nn2C)c2ccccc21. The maximum Gasteiger partial charge on any atom is 0.329 e. The van der Waals surface area contributed by atoms with Crippen LogP contribution in [0.4, 0.5) is 0 Å². The van der Waals surface area contributed by atoms with Crippen LogP contribution in [0.1, 0.15) is 18.3 Å². The van der Waals surface area contributed by atoms with Gasteiger partial charge in [-0.25, -0.2) is 4.79 Å². The van der Waals surface area contributed by atoms with Crippen LogP contribution in [0.15, 0.2) is 33.5 Å². The van der Waals surface area contributed by atoms with E-state index in [1.165, 1.54) is 0 Å². The van der Waals surface area contributed by atoms with Crippen LogP contribution in [0.25, 0.3) is 11.0 Å². The van der Waals surface area contributed by atoms with Crippen LogP contribution < -0.4 is 5.69 Å². The van der Waals surface area contributed by atoms with E-state index in [1.807, 2.05) is 49.8 Å². The monoisotopic (exact) mass is 348 g/mol. The lowest BCUT2D eigenvalue weighted by Gasteiger charge is -2.05. The Morgan fingerprint density at radius 2 is 1.81 bits per heavy atom. The molecule has 0 N–H and O–H groups in total. The topological polar surface area (TPSA) is 44.8 Å². The highest BCUT2D eigenvalue weighted by Crippen LogP contribution is 2.22. The van der Waals surface area contributed by atoms with Crippen molar-refractivity contribution in [3.63, 3.8) is 0 Å². The third-order valence-corrected chi connectivity index (χ3v) is 4.84. The van der Waals surface area contributed by atoms with Crippen molar-refractivity contribution >= 4 is 27.0 Å². The Balaban J connectivity index is 2.22. The van der Waals surface area contributed by atoms with Crippen LogP contribution in [-0.4, -0.2) is 18.9 Å². The Morgan fingerprint density at radius 3 is 2.33 bits per heavy atom. The van der Waals surface area contributed by atoms with Crippen molar-refractivity contribution in [2.75, 3.05) is 0 Å². The van der Waals surface area contributed by atoms with Crippen LogP contribution in [0.5, 0.6) is 0 Å². The average Bonchev–Trinajstić information content (AvgIpc) is 2.88. The average molecular weight is 349 g/mol. The van der Waals surface area contributed by atoms with E-state index in [4.69, 9.17) is 0 Å². The Bertz CT molecular complexity index is 872. The lowest BCUT2D eigenvalue weighted by Crippen LogP contribution is -2.25. The molecule has 0 aliphatic heterocycles. The number of hydrogen-bond donors (Lipinski definition) is 0. The summed E-state index contributed by atoms with van der Waals surface area (Å²) < 4.78 is 6.39. The molecular weight excluding hydrogens is 332 g/mol. The summed E-state index contributed by atoms with van der Waals surface area (Å²) in [5.74, 6) is 0. The smallest absolute Gasteiger partial charge is 0.292 e. The van der Waals surface area contributed by atoms with Gasteiger partial charge >= 0.3 is 5.69 Å². The minimum Gasteiger partial charge on any atom is -0.292 e. The van der Waals surface area contributed by atoms with Gasteiger partial charge in [-0.2, -0.15) is 5.10 Å². The van der Waals surface area contributed by atoms with Gasteiger partial charge in [0.15, 0.2) is 0 Å². The number of halogens is 1. The number of benzene rings is 1. The molecular formula is C15H17BrN4O. The lowest BCUT2D eigenvalue weighted by atomic mass is 10.3. The van der Waals surface area contributed by atoms with Crippen molar-refractivity contribution in [2.45, 2.75) is 26.9 Å². The van der Waals surface area contributed by atoms with Crippen molar-refractivity contribution in [3.05, 3.63) is 50.6 Å². The van der Waals surface area contributed by atoms with E-state index in [1.54, 1.807) is 9.13 Å². The summed E-state index contributed by atoms with van der Waals surface area (Å²) in [7, 11) is 1.90. The fraction of sp³-hybridized carbons (Fsp3) is 0.333. The molecule has 21 heavy (non-hydrogen) atoms. The van der Waals surface area contributed by atoms with Crippen molar-refractivity contribution in [3.8, 4) is 0 Å². The summed E-state index contributed by atoms with van der Waals surface area (Å²) >= 11 is 3.57. The van der Waals surface area contributed by atoms with E-state index in [-0.39, 0.29) is 5.69 Å². The molecule has 2 heterocycles. The summed E-state index contributed by atoms with van der Waals surface area (Å²) in [5, 5.41) is 4.39. The van der Waals surface area contributed by atoms with E-state index in [0.29, 0.717) is 13.1 Å². The molecule has 0 unspecified atom stereocenters. The minimum atomic E-state index is 0.0180. The minimum absolute atomic E-state index is 0.0180. The van der Waals surface area contributed by atoms with Gasteiger partial charge in [0.1, 0.15) is 0 Å². The quantitative estimate of drug-likeness (QED) is 0.730. The maximum absolute atomic E-state index is 12.6. The summed E-state index contributed by atoms with van der Waals surface area (Å²) in [5.41, 5.74) is 3.87. The van der Waals surface area contributed by atoms with Crippen LogP contribution in [0, 0.1) is 6.92 Å². The van der Waals surface area contributed by atoms with Crippen LogP contribution in [0.3, 0.4) is 0 Å². The lowest BCUT2D eigenvalue weighted by molar-refractivity contribution is 0.635. The van der Waals surface area contributed by atoms with Crippen molar-refractivity contribution < 1.29 is 0 Å². The number of imidazole rings is 1. The van der Waals surface area contributed by atoms with Crippen molar-refractivity contribution in [1.29, 1.82) is 0 Å². The zero-order chi connectivity index (χ0) is 15.1. The van der Waals surface area contributed by atoms with Crippen molar-refractivity contribution in [1.82, 2.24) is 18.9 Å². The molecule has 0 aliphatic rings. The summed E-state index contributed by atoms with van der Waals surface area (Å²) in [6.07, 6.45) is 0. The number of aryl methyl sites for hydroxylation is 3.